The fourth-order valence-electron chi connectivity index (χ4n) is 1.96. The van der Waals surface area contributed by atoms with Crippen molar-refractivity contribution in [1.29, 1.82) is 0 Å². The smallest absolute Gasteiger partial charge is 0.253 e. The lowest BCUT2D eigenvalue weighted by Gasteiger charge is -2.18. The average Bonchev–Trinajstić information content (AvgIpc) is 2.79. The number of amides is 1. The van der Waals surface area contributed by atoms with Crippen molar-refractivity contribution in [3.63, 3.8) is 0 Å². The number of ether oxygens (including phenoxy) is 1. The first kappa shape index (κ1) is 13.8. The van der Waals surface area contributed by atoms with Gasteiger partial charge in [0.2, 0.25) is 0 Å². The van der Waals surface area contributed by atoms with Crippen molar-refractivity contribution < 1.29 is 9.53 Å². The van der Waals surface area contributed by atoms with Gasteiger partial charge in [-0.1, -0.05) is 27.5 Å². The van der Waals surface area contributed by atoms with E-state index in [0.717, 1.165) is 11.0 Å². The van der Waals surface area contributed by atoms with E-state index in [0.29, 0.717) is 17.1 Å². The number of carbonyl (C=O) groups excluding carboxylic acids is 1. The Morgan fingerprint density at radius 3 is 3.06 bits per heavy atom. The van der Waals surface area contributed by atoms with Crippen LogP contribution in [0.3, 0.4) is 0 Å². The molecule has 0 aliphatic carbocycles. The standard InChI is InChI=1S/C12H14BrClN2O2/c1-18-11-6-15-5-10(11)16-12(17)8-4-7(13)2-3-9(8)14/h2-4,10-11,15H,5-6H2,1H3,(H,16,17)/t10?,11-/m0/s1. The van der Waals surface area contributed by atoms with Crippen LogP contribution in [0, 0.1) is 0 Å². The fraction of sp³-hybridized carbons (Fsp3) is 0.417. The van der Waals surface area contributed by atoms with Crippen LogP contribution in [0.25, 0.3) is 0 Å². The quantitative estimate of drug-likeness (QED) is 0.887. The molecule has 1 amide bonds. The Morgan fingerprint density at radius 2 is 2.33 bits per heavy atom. The van der Waals surface area contributed by atoms with E-state index < -0.39 is 0 Å². The van der Waals surface area contributed by atoms with Crippen molar-refractivity contribution in [3.05, 3.63) is 33.3 Å². The van der Waals surface area contributed by atoms with E-state index in [-0.39, 0.29) is 18.1 Å². The van der Waals surface area contributed by atoms with Gasteiger partial charge in [-0.15, -0.1) is 0 Å². The summed E-state index contributed by atoms with van der Waals surface area (Å²) < 4.78 is 6.12. The molecule has 18 heavy (non-hydrogen) atoms. The van der Waals surface area contributed by atoms with Gasteiger partial charge in [-0.05, 0) is 18.2 Å². The molecule has 0 bridgehead atoms. The van der Waals surface area contributed by atoms with Crippen LogP contribution in [-0.4, -0.2) is 38.3 Å². The molecule has 1 aromatic carbocycles. The summed E-state index contributed by atoms with van der Waals surface area (Å²) in [4.78, 5) is 12.1. The molecule has 2 rings (SSSR count). The van der Waals surface area contributed by atoms with Crippen LogP contribution in [0.5, 0.6) is 0 Å². The van der Waals surface area contributed by atoms with Gasteiger partial charge in [-0.25, -0.2) is 0 Å². The SMILES string of the molecule is CO[C@H]1CNCC1NC(=O)c1cc(Br)ccc1Cl. The first-order chi connectivity index (χ1) is 8.61. The Bertz CT molecular complexity index is 456. The third kappa shape index (κ3) is 3.03. The summed E-state index contributed by atoms with van der Waals surface area (Å²) >= 11 is 9.35. The summed E-state index contributed by atoms with van der Waals surface area (Å²) in [7, 11) is 1.64. The summed E-state index contributed by atoms with van der Waals surface area (Å²) in [5.41, 5.74) is 0.466. The highest BCUT2D eigenvalue weighted by atomic mass is 79.9. The molecular formula is C12H14BrClN2O2. The van der Waals surface area contributed by atoms with Crippen LogP contribution in [0.4, 0.5) is 0 Å². The van der Waals surface area contributed by atoms with Gasteiger partial charge in [0, 0.05) is 24.7 Å². The number of rotatable bonds is 3. The molecule has 1 aliphatic heterocycles. The van der Waals surface area contributed by atoms with Crippen molar-refractivity contribution in [1.82, 2.24) is 10.6 Å². The van der Waals surface area contributed by atoms with Gasteiger partial charge in [0.1, 0.15) is 0 Å². The highest BCUT2D eigenvalue weighted by molar-refractivity contribution is 9.10. The highest BCUT2D eigenvalue weighted by Gasteiger charge is 2.28. The molecule has 0 aromatic heterocycles. The first-order valence-electron chi connectivity index (χ1n) is 5.61. The van der Waals surface area contributed by atoms with Gasteiger partial charge in [0.25, 0.3) is 5.91 Å². The van der Waals surface area contributed by atoms with Crippen molar-refractivity contribution in [3.8, 4) is 0 Å². The predicted molar refractivity (Wildman–Crippen MR) is 74.1 cm³/mol. The number of benzene rings is 1. The Balaban J connectivity index is 2.09. The van der Waals surface area contributed by atoms with Crippen LogP contribution in [-0.2, 0) is 4.74 Å². The van der Waals surface area contributed by atoms with Crippen molar-refractivity contribution in [2.75, 3.05) is 20.2 Å². The van der Waals surface area contributed by atoms with E-state index in [9.17, 15) is 4.79 Å². The topological polar surface area (TPSA) is 50.4 Å². The van der Waals surface area contributed by atoms with Gasteiger partial charge in [0.05, 0.1) is 22.7 Å². The number of halogens is 2. The Kier molecular flexibility index (Phi) is 4.61. The lowest BCUT2D eigenvalue weighted by atomic mass is 10.1. The molecule has 4 nitrogen and oxygen atoms in total. The molecule has 1 aromatic rings. The molecule has 98 valence electrons. The second-order valence-corrected chi connectivity index (χ2v) is 5.46. The zero-order chi connectivity index (χ0) is 13.1. The van der Waals surface area contributed by atoms with E-state index in [1.807, 2.05) is 0 Å². The van der Waals surface area contributed by atoms with Crippen LogP contribution >= 0.6 is 27.5 Å². The zero-order valence-electron chi connectivity index (χ0n) is 9.87. The van der Waals surface area contributed by atoms with Crippen LogP contribution in [0.2, 0.25) is 5.02 Å². The molecule has 2 atom stereocenters. The van der Waals surface area contributed by atoms with Gasteiger partial charge in [0.15, 0.2) is 0 Å². The predicted octanol–water partition coefficient (Wildman–Crippen LogP) is 1.82. The highest BCUT2D eigenvalue weighted by Crippen LogP contribution is 2.21. The van der Waals surface area contributed by atoms with Crippen molar-refractivity contribution in [2.45, 2.75) is 12.1 Å². The third-order valence-electron chi connectivity index (χ3n) is 2.95. The van der Waals surface area contributed by atoms with E-state index in [4.69, 9.17) is 16.3 Å². The number of hydrogen-bond acceptors (Lipinski definition) is 3. The molecular weight excluding hydrogens is 320 g/mol. The summed E-state index contributed by atoms with van der Waals surface area (Å²) in [6, 6.07) is 5.18. The molecule has 6 heteroatoms. The molecule has 2 N–H and O–H groups in total. The fourth-order valence-corrected chi connectivity index (χ4v) is 2.53. The minimum atomic E-state index is -0.183. The average molecular weight is 334 g/mol. The zero-order valence-corrected chi connectivity index (χ0v) is 12.2. The molecule has 1 saturated heterocycles. The Labute approximate surface area is 119 Å². The summed E-state index contributed by atoms with van der Waals surface area (Å²) in [5, 5.41) is 6.55. The van der Waals surface area contributed by atoms with E-state index in [1.54, 1.807) is 25.3 Å². The molecule has 1 fully saturated rings. The normalized spacial score (nSPS) is 23.1. The summed E-state index contributed by atoms with van der Waals surface area (Å²) in [6.45, 7) is 1.45. The Morgan fingerprint density at radius 1 is 1.56 bits per heavy atom. The first-order valence-corrected chi connectivity index (χ1v) is 6.78. The van der Waals surface area contributed by atoms with Crippen LogP contribution in [0.1, 0.15) is 10.4 Å². The van der Waals surface area contributed by atoms with Gasteiger partial charge in [-0.3, -0.25) is 4.79 Å². The second kappa shape index (κ2) is 6.02. The van der Waals surface area contributed by atoms with Gasteiger partial charge >= 0.3 is 0 Å². The van der Waals surface area contributed by atoms with Crippen LogP contribution in [0.15, 0.2) is 22.7 Å². The number of hydrogen-bond donors (Lipinski definition) is 2. The lowest BCUT2D eigenvalue weighted by molar-refractivity contribution is 0.0780. The molecule has 1 unspecified atom stereocenters. The maximum Gasteiger partial charge on any atom is 0.253 e. The Hall–Kier alpha value is -0.620. The van der Waals surface area contributed by atoms with Gasteiger partial charge < -0.3 is 15.4 Å². The summed E-state index contributed by atoms with van der Waals surface area (Å²) in [6.07, 6.45) is -0.000113. The van der Waals surface area contributed by atoms with Crippen molar-refractivity contribution >= 4 is 33.4 Å². The van der Waals surface area contributed by atoms with Gasteiger partial charge in [-0.2, -0.15) is 0 Å². The maximum atomic E-state index is 12.1. The van der Waals surface area contributed by atoms with E-state index >= 15 is 0 Å². The molecule has 0 saturated carbocycles. The lowest BCUT2D eigenvalue weighted by Crippen LogP contribution is -2.43. The van der Waals surface area contributed by atoms with E-state index in [1.165, 1.54) is 0 Å². The summed E-state index contributed by atoms with van der Waals surface area (Å²) in [5.74, 6) is -0.183. The maximum absolute atomic E-state index is 12.1. The minimum Gasteiger partial charge on any atom is -0.378 e. The van der Waals surface area contributed by atoms with E-state index in [2.05, 4.69) is 26.6 Å². The van der Waals surface area contributed by atoms with Crippen LogP contribution < -0.4 is 10.6 Å². The second-order valence-electron chi connectivity index (χ2n) is 4.14. The monoisotopic (exact) mass is 332 g/mol. The third-order valence-corrected chi connectivity index (χ3v) is 3.77. The molecule has 1 aliphatic rings. The minimum absolute atomic E-state index is 0.000113. The molecule has 0 spiro atoms. The largest absolute Gasteiger partial charge is 0.378 e. The van der Waals surface area contributed by atoms with Crippen molar-refractivity contribution in [2.24, 2.45) is 0 Å². The molecule has 0 radical (unpaired) electrons. The number of carbonyl (C=O) groups is 1. The number of methoxy groups -OCH3 is 1. The number of nitrogens with one attached hydrogen (secondary N) is 2. The molecule has 1 heterocycles.